The second kappa shape index (κ2) is 7.05. The van der Waals surface area contributed by atoms with Gasteiger partial charge in [-0.1, -0.05) is 28.1 Å². The molecule has 0 aromatic heterocycles. The van der Waals surface area contributed by atoms with Crippen LogP contribution in [0.25, 0.3) is 0 Å². The molecule has 2 aromatic rings. The molecule has 0 aliphatic carbocycles. The van der Waals surface area contributed by atoms with Crippen molar-refractivity contribution in [3.8, 4) is 5.75 Å². The number of anilines is 2. The van der Waals surface area contributed by atoms with Gasteiger partial charge >= 0.3 is 0 Å². The number of benzene rings is 2. The molecule has 3 rings (SSSR count). The van der Waals surface area contributed by atoms with Gasteiger partial charge in [0.15, 0.2) is 6.61 Å². The topological polar surface area (TPSA) is 58.6 Å². The first kappa shape index (κ1) is 16.5. The second-order valence-corrected chi connectivity index (χ2v) is 6.54. The maximum absolute atomic E-state index is 12.7. The van der Waals surface area contributed by atoms with Gasteiger partial charge in [0, 0.05) is 16.9 Å². The average Bonchev–Trinajstić information content (AvgIpc) is 2.68. The molecule has 2 aromatic carbocycles. The van der Waals surface area contributed by atoms with E-state index in [-0.39, 0.29) is 30.9 Å². The van der Waals surface area contributed by atoms with Crippen molar-refractivity contribution in [3.63, 3.8) is 0 Å². The molecule has 0 bridgehead atoms. The fourth-order valence-electron chi connectivity index (χ4n) is 2.71. The summed E-state index contributed by atoms with van der Waals surface area (Å²) >= 11 is 3.36. The zero-order chi connectivity index (χ0) is 17.1. The molecule has 6 heteroatoms. The molecule has 1 heterocycles. The summed E-state index contributed by atoms with van der Waals surface area (Å²) in [5.74, 6) is 0.338. The van der Waals surface area contributed by atoms with Crippen LogP contribution in [0, 0.1) is 0 Å². The Kier molecular flexibility index (Phi) is 4.85. The van der Waals surface area contributed by atoms with Crippen LogP contribution < -0.4 is 15.0 Å². The highest BCUT2D eigenvalue weighted by atomic mass is 79.9. The van der Waals surface area contributed by atoms with Crippen molar-refractivity contribution >= 4 is 39.1 Å². The summed E-state index contributed by atoms with van der Waals surface area (Å²) in [6, 6.07) is 14.4. The third kappa shape index (κ3) is 3.59. The first-order chi connectivity index (χ1) is 11.5. The van der Waals surface area contributed by atoms with E-state index in [1.165, 1.54) is 0 Å². The van der Waals surface area contributed by atoms with Gasteiger partial charge in [0.2, 0.25) is 5.91 Å². The van der Waals surface area contributed by atoms with E-state index in [4.69, 9.17) is 4.74 Å². The van der Waals surface area contributed by atoms with E-state index in [1.807, 2.05) is 37.3 Å². The first-order valence-corrected chi connectivity index (χ1v) is 8.43. The number of amides is 2. The molecule has 0 radical (unpaired) electrons. The van der Waals surface area contributed by atoms with E-state index < -0.39 is 0 Å². The summed E-state index contributed by atoms with van der Waals surface area (Å²) in [6.45, 7) is 1.77. The Morgan fingerprint density at radius 1 is 1.25 bits per heavy atom. The second-order valence-electron chi connectivity index (χ2n) is 5.62. The van der Waals surface area contributed by atoms with Crippen LogP contribution in [0.2, 0.25) is 0 Å². The minimum atomic E-state index is -0.241. The average molecular weight is 389 g/mol. The highest BCUT2D eigenvalue weighted by molar-refractivity contribution is 9.10. The number of fused-ring (bicyclic) bond motifs is 1. The quantitative estimate of drug-likeness (QED) is 0.873. The van der Waals surface area contributed by atoms with E-state index in [1.54, 1.807) is 23.1 Å². The van der Waals surface area contributed by atoms with Gasteiger partial charge in [-0.05, 0) is 43.3 Å². The molecule has 1 atom stereocenters. The smallest absolute Gasteiger partial charge is 0.265 e. The van der Waals surface area contributed by atoms with Gasteiger partial charge in [-0.3, -0.25) is 9.59 Å². The highest BCUT2D eigenvalue weighted by Crippen LogP contribution is 2.31. The van der Waals surface area contributed by atoms with E-state index >= 15 is 0 Å². The summed E-state index contributed by atoms with van der Waals surface area (Å²) in [6.07, 6.45) is 0.249. The Hall–Kier alpha value is -2.34. The number of hydrogen-bond acceptors (Lipinski definition) is 3. The lowest BCUT2D eigenvalue weighted by atomic mass is 10.1. The van der Waals surface area contributed by atoms with Crippen molar-refractivity contribution < 1.29 is 14.3 Å². The standard InChI is InChI=1S/C18H17BrN2O3/c1-12-10-17(22)20-15-4-2-3-5-16(15)21(12)18(23)11-24-14-8-6-13(19)7-9-14/h2-9,12H,10-11H2,1H3,(H,20,22)/t12-/m1/s1. The molecule has 0 saturated carbocycles. The minimum absolute atomic E-state index is 0.0888. The van der Waals surface area contributed by atoms with Crippen molar-refractivity contribution in [3.05, 3.63) is 53.0 Å². The Balaban J connectivity index is 1.79. The summed E-state index contributed by atoms with van der Waals surface area (Å²) in [5, 5.41) is 2.84. The lowest BCUT2D eigenvalue weighted by Gasteiger charge is -2.27. The number of nitrogens with zero attached hydrogens (tertiary/aromatic N) is 1. The van der Waals surface area contributed by atoms with Gasteiger partial charge in [-0.2, -0.15) is 0 Å². The van der Waals surface area contributed by atoms with Crippen LogP contribution in [0.5, 0.6) is 5.75 Å². The molecule has 24 heavy (non-hydrogen) atoms. The predicted octanol–water partition coefficient (Wildman–Crippen LogP) is 3.59. The number of halogens is 1. The normalized spacial score (nSPS) is 16.8. The molecule has 2 amide bonds. The van der Waals surface area contributed by atoms with Crippen molar-refractivity contribution in [2.75, 3.05) is 16.8 Å². The molecular weight excluding hydrogens is 372 g/mol. The largest absolute Gasteiger partial charge is 0.484 e. The predicted molar refractivity (Wildman–Crippen MR) is 96.3 cm³/mol. The van der Waals surface area contributed by atoms with Crippen molar-refractivity contribution in [2.24, 2.45) is 0 Å². The summed E-state index contributed by atoms with van der Waals surface area (Å²) < 4.78 is 6.53. The third-order valence-electron chi connectivity index (χ3n) is 3.80. The molecular formula is C18H17BrN2O3. The fraction of sp³-hybridized carbons (Fsp3) is 0.222. The van der Waals surface area contributed by atoms with Gasteiger partial charge in [-0.25, -0.2) is 0 Å². The van der Waals surface area contributed by atoms with Crippen LogP contribution in [0.3, 0.4) is 0 Å². The summed E-state index contributed by atoms with van der Waals surface area (Å²) in [7, 11) is 0. The van der Waals surface area contributed by atoms with Crippen LogP contribution in [-0.4, -0.2) is 24.5 Å². The maximum Gasteiger partial charge on any atom is 0.265 e. The fourth-order valence-corrected chi connectivity index (χ4v) is 2.98. The van der Waals surface area contributed by atoms with Crippen molar-refractivity contribution in [1.82, 2.24) is 0 Å². The van der Waals surface area contributed by atoms with E-state index in [9.17, 15) is 9.59 Å². The van der Waals surface area contributed by atoms with E-state index in [0.717, 1.165) is 4.47 Å². The van der Waals surface area contributed by atoms with Crippen LogP contribution in [0.4, 0.5) is 11.4 Å². The zero-order valence-corrected chi connectivity index (χ0v) is 14.7. The van der Waals surface area contributed by atoms with E-state index in [2.05, 4.69) is 21.2 Å². The number of carbonyl (C=O) groups is 2. The summed E-state index contributed by atoms with van der Waals surface area (Å²) in [4.78, 5) is 26.3. The van der Waals surface area contributed by atoms with Gasteiger partial charge < -0.3 is 15.0 Å². The SMILES string of the molecule is C[C@@H]1CC(=O)Nc2ccccc2N1C(=O)COc1ccc(Br)cc1. The molecule has 0 spiro atoms. The number of para-hydroxylation sites is 2. The number of ether oxygens (including phenoxy) is 1. The highest BCUT2D eigenvalue weighted by Gasteiger charge is 2.29. The van der Waals surface area contributed by atoms with Crippen LogP contribution >= 0.6 is 15.9 Å². The Morgan fingerprint density at radius 3 is 2.71 bits per heavy atom. The molecule has 0 saturated heterocycles. The molecule has 1 N–H and O–H groups in total. The molecule has 5 nitrogen and oxygen atoms in total. The molecule has 0 unspecified atom stereocenters. The number of rotatable bonds is 3. The van der Waals surface area contributed by atoms with Crippen molar-refractivity contribution in [1.29, 1.82) is 0 Å². The Morgan fingerprint density at radius 2 is 1.96 bits per heavy atom. The van der Waals surface area contributed by atoms with Gasteiger partial charge in [0.05, 0.1) is 11.4 Å². The monoisotopic (exact) mass is 388 g/mol. The van der Waals surface area contributed by atoms with Crippen LogP contribution in [-0.2, 0) is 9.59 Å². The lowest BCUT2D eigenvalue weighted by Crippen LogP contribution is -2.41. The molecule has 1 aliphatic rings. The van der Waals surface area contributed by atoms with Gasteiger partial charge in [0.1, 0.15) is 5.75 Å². The maximum atomic E-state index is 12.7. The Labute approximate surface area is 148 Å². The Bertz CT molecular complexity index is 761. The zero-order valence-electron chi connectivity index (χ0n) is 13.2. The number of nitrogens with one attached hydrogen (secondary N) is 1. The van der Waals surface area contributed by atoms with Gasteiger partial charge in [-0.15, -0.1) is 0 Å². The van der Waals surface area contributed by atoms with Crippen LogP contribution in [0.15, 0.2) is 53.0 Å². The van der Waals surface area contributed by atoms with E-state index in [0.29, 0.717) is 17.1 Å². The lowest BCUT2D eigenvalue weighted by molar-refractivity contribution is -0.121. The molecule has 0 fully saturated rings. The molecule has 1 aliphatic heterocycles. The molecule has 124 valence electrons. The summed E-state index contributed by atoms with van der Waals surface area (Å²) in [5.41, 5.74) is 1.34. The third-order valence-corrected chi connectivity index (χ3v) is 4.33. The number of carbonyl (C=O) groups excluding carboxylic acids is 2. The first-order valence-electron chi connectivity index (χ1n) is 7.64. The van der Waals surface area contributed by atoms with Gasteiger partial charge in [0.25, 0.3) is 5.91 Å². The van der Waals surface area contributed by atoms with Crippen LogP contribution in [0.1, 0.15) is 13.3 Å². The number of hydrogen-bond donors (Lipinski definition) is 1. The minimum Gasteiger partial charge on any atom is -0.484 e. The van der Waals surface area contributed by atoms with Crippen molar-refractivity contribution in [2.45, 2.75) is 19.4 Å².